The lowest BCUT2D eigenvalue weighted by Gasteiger charge is -2.38. The first-order chi connectivity index (χ1) is 8.90. The van der Waals surface area contributed by atoms with E-state index in [1.54, 1.807) is 6.07 Å². The van der Waals surface area contributed by atoms with E-state index in [0.29, 0.717) is 17.3 Å². The van der Waals surface area contributed by atoms with Gasteiger partial charge in [0.15, 0.2) is 0 Å². The summed E-state index contributed by atoms with van der Waals surface area (Å²) in [6.07, 6.45) is 0. The molecule has 0 aliphatic carbocycles. The zero-order valence-corrected chi connectivity index (χ0v) is 12.2. The highest BCUT2D eigenvalue weighted by atomic mass is 35.5. The number of benzene rings is 1. The van der Waals surface area contributed by atoms with Crippen molar-refractivity contribution in [3.8, 4) is 0 Å². The molecule has 2 rings (SSSR count). The molecule has 1 aliphatic heterocycles. The van der Waals surface area contributed by atoms with Crippen LogP contribution in [0, 0.1) is 10.1 Å². The zero-order valence-electron chi connectivity index (χ0n) is 10.7. The van der Waals surface area contributed by atoms with Gasteiger partial charge in [-0.3, -0.25) is 10.1 Å². The SMILES string of the molecule is CC1CN(c2cc(Cl)c(Cl)cc2[N+](=O)[O-])C(C)CN1. The van der Waals surface area contributed by atoms with Gasteiger partial charge in [-0.05, 0) is 19.9 Å². The molecule has 0 bridgehead atoms. The van der Waals surface area contributed by atoms with Crippen molar-refractivity contribution in [3.05, 3.63) is 32.3 Å². The Labute approximate surface area is 121 Å². The van der Waals surface area contributed by atoms with E-state index in [0.717, 1.165) is 6.54 Å². The summed E-state index contributed by atoms with van der Waals surface area (Å²) in [5.74, 6) is 0. The third-order valence-electron chi connectivity index (χ3n) is 3.29. The second kappa shape index (κ2) is 5.53. The van der Waals surface area contributed by atoms with E-state index in [4.69, 9.17) is 23.2 Å². The molecule has 1 fully saturated rings. The molecule has 0 saturated carbocycles. The summed E-state index contributed by atoms with van der Waals surface area (Å²) in [4.78, 5) is 12.8. The van der Waals surface area contributed by atoms with Crippen LogP contribution in [0.5, 0.6) is 0 Å². The first-order valence-corrected chi connectivity index (χ1v) is 6.79. The van der Waals surface area contributed by atoms with Gasteiger partial charge < -0.3 is 10.2 Å². The highest BCUT2D eigenvalue weighted by molar-refractivity contribution is 6.42. The molecular formula is C12H15Cl2N3O2. The number of nitro benzene ring substituents is 1. The van der Waals surface area contributed by atoms with Crippen LogP contribution in [0.4, 0.5) is 11.4 Å². The van der Waals surface area contributed by atoms with Crippen LogP contribution in [0.2, 0.25) is 10.0 Å². The van der Waals surface area contributed by atoms with E-state index in [1.165, 1.54) is 6.07 Å². The van der Waals surface area contributed by atoms with Crippen molar-refractivity contribution >= 4 is 34.6 Å². The third-order valence-corrected chi connectivity index (χ3v) is 4.01. The molecule has 104 valence electrons. The molecule has 1 aromatic carbocycles. The summed E-state index contributed by atoms with van der Waals surface area (Å²) in [5.41, 5.74) is 0.524. The number of nitrogens with one attached hydrogen (secondary N) is 1. The summed E-state index contributed by atoms with van der Waals surface area (Å²) < 4.78 is 0. The Bertz CT molecular complexity index is 510. The van der Waals surface area contributed by atoms with Gasteiger partial charge in [-0.1, -0.05) is 23.2 Å². The van der Waals surface area contributed by atoms with E-state index in [-0.39, 0.29) is 22.8 Å². The molecule has 0 radical (unpaired) electrons. The van der Waals surface area contributed by atoms with Gasteiger partial charge in [0, 0.05) is 31.2 Å². The highest BCUT2D eigenvalue weighted by Gasteiger charge is 2.29. The van der Waals surface area contributed by atoms with Crippen LogP contribution >= 0.6 is 23.2 Å². The second-order valence-electron chi connectivity index (χ2n) is 4.82. The summed E-state index contributed by atoms with van der Waals surface area (Å²) in [7, 11) is 0. The summed E-state index contributed by atoms with van der Waals surface area (Å²) >= 11 is 11.9. The Morgan fingerprint density at radius 3 is 2.63 bits per heavy atom. The topological polar surface area (TPSA) is 58.4 Å². The van der Waals surface area contributed by atoms with Gasteiger partial charge >= 0.3 is 0 Å². The van der Waals surface area contributed by atoms with Crippen LogP contribution < -0.4 is 10.2 Å². The van der Waals surface area contributed by atoms with Gasteiger partial charge in [0.2, 0.25) is 0 Å². The minimum atomic E-state index is -0.420. The maximum absolute atomic E-state index is 11.2. The van der Waals surface area contributed by atoms with Crippen LogP contribution in [0.15, 0.2) is 12.1 Å². The Hall–Kier alpha value is -1.04. The first-order valence-electron chi connectivity index (χ1n) is 6.03. The van der Waals surface area contributed by atoms with E-state index >= 15 is 0 Å². The number of hydrogen-bond donors (Lipinski definition) is 1. The van der Waals surface area contributed by atoms with Crippen LogP contribution in [0.3, 0.4) is 0 Å². The van der Waals surface area contributed by atoms with E-state index in [9.17, 15) is 10.1 Å². The number of hydrogen-bond acceptors (Lipinski definition) is 4. The van der Waals surface area contributed by atoms with Crippen LogP contribution in [-0.4, -0.2) is 30.1 Å². The van der Waals surface area contributed by atoms with Crippen molar-refractivity contribution in [1.82, 2.24) is 5.32 Å². The van der Waals surface area contributed by atoms with Crippen LogP contribution in [0.1, 0.15) is 13.8 Å². The molecule has 2 atom stereocenters. The lowest BCUT2D eigenvalue weighted by atomic mass is 10.1. The zero-order chi connectivity index (χ0) is 14.2. The molecule has 1 aliphatic rings. The number of anilines is 1. The minimum absolute atomic E-state index is 0.00431. The Balaban J connectivity index is 2.47. The predicted octanol–water partition coefficient (Wildman–Crippen LogP) is 3.09. The monoisotopic (exact) mass is 303 g/mol. The lowest BCUT2D eigenvalue weighted by molar-refractivity contribution is -0.384. The van der Waals surface area contributed by atoms with Crippen molar-refractivity contribution in [2.45, 2.75) is 25.9 Å². The van der Waals surface area contributed by atoms with Gasteiger partial charge in [0.1, 0.15) is 5.69 Å². The number of piperazine rings is 1. The quantitative estimate of drug-likeness (QED) is 0.674. The molecule has 19 heavy (non-hydrogen) atoms. The summed E-state index contributed by atoms with van der Waals surface area (Å²) in [5, 5.41) is 15.0. The second-order valence-corrected chi connectivity index (χ2v) is 5.64. The first kappa shape index (κ1) is 14.4. The number of nitrogens with zero attached hydrogens (tertiary/aromatic N) is 2. The van der Waals surface area contributed by atoms with Crippen molar-refractivity contribution in [3.63, 3.8) is 0 Å². The Morgan fingerprint density at radius 2 is 2.00 bits per heavy atom. The van der Waals surface area contributed by atoms with Gasteiger partial charge in [-0.15, -0.1) is 0 Å². The predicted molar refractivity (Wildman–Crippen MR) is 77.4 cm³/mol. The molecule has 0 aromatic heterocycles. The van der Waals surface area contributed by atoms with Crippen molar-refractivity contribution in [2.75, 3.05) is 18.0 Å². The van der Waals surface area contributed by atoms with Gasteiger partial charge in [0.05, 0.1) is 15.0 Å². The molecule has 1 saturated heterocycles. The maximum Gasteiger partial charge on any atom is 0.294 e. The fraction of sp³-hybridized carbons (Fsp3) is 0.500. The highest BCUT2D eigenvalue weighted by Crippen LogP contribution is 2.37. The van der Waals surface area contributed by atoms with E-state index in [1.807, 2.05) is 18.7 Å². The van der Waals surface area contributed by atoms with E-state index in [2.05, 4.69) is 5.32 Å². The normalized spacial score (nSPS) is 23.5. The average molecular weight is 304 g/mol. The third kappa shape index (κ3) is 2.94. The van der Waals surface area contributed by atoms with Crippen LogP contribution in [-0.2, 0) is 0 Å². The number of nitro groups is 1. The molecule has 0 amide bonds. The molecule has 1 aromatic rings. The molecule has 1 heterocycles. The molecule has 5 nitrogen and oxygen atoms in total. The molecule has 2 unspecified atom stereocenters. The maximum atomic E-state index is 11.2. The van der Waals surface area contributed by atoms with Crippen molar-refractivity contribution in [1.29, 1.82) is 0 Å². The van der Waals surface area contributed by atoms with E-state index < -0.39 is 4.92 Å². The van der Waals surface area contributed by atoms with Crippen molar-refractivity contribution in [2.24, 2.45) is 0 Å². The van der Waals surface area contributed by atoms with Crippen molar-refractivity contribution < 1.29 is 4.92 Å². The van der Waals surface area contributed by atoms with Gasteiger partial charge in [-0.2, -0.15) is 0 Å². The molecule has 1 N–H and O–H groups in total. The largest absolute Gasteiger partial charge is 0.360 e. The number of halogens is 2. The standard InChI is InChI=1S/C12H15Cl2N3O2/c1-7-6-16(8(2)5-15-7)11-3-9(13)10(14)4-12(11)17(18)19/h3-4,7-8,15H,5-6H2,1-2H3. The Morgan fingerprint density at radius 1 is 1.37 bits per heavy atom. The Kier molecular flexibility index (Phi) is 4.18. The van der Waals surface area contributed by atoms with Gasteiger partial charge in [-0.25, -0.2) is 0 Å². The van der Waals surface area contributed by atoms with Crippen LogP contribution in [0.25, 0.3) is 0 Å². The fourth-order valence-corrected chi connectivity index (χ4v) is 2.58. The molecule has 0 spiro atoms. The minimum Gasteiger partial charge on any atom is -0.360 e. The summed E-state index contributed by atoms with van der Waals surface area (Å²) in [6, 6.07) is 3.33. The number of rotatable bonds is 2. The summed E-state index contributed by atoms with van der Waals surface area (Å²) in [6.45, 7) is 5.53. The fourth-order valence-electron chi connectivity index (χ4n) is 2.26. The molecule has 7 heteroatoms. The average Bonchev–Trinajstić information content (AvgIpc) is 2.35. The smallest absolute Gasteiger partial charge is 0.294 e. The molecular weight excluding hydrogens is 289 g/mol. The lowest BCUT2D eigenvalue weighted by Crippen LogP contribution is -2.54. The van der Waals surface area contributed by atoms with Gasteiger partial charge in [0.25, 0.3) is 5.69 Å².